The minimum Gasteiger partial charge on any atom is -0.504 e. The van der Waals surface area contributed by atoms with Crippen LogP contribution in [-0.2, 0) is 10.2 Å². The standard InChI is InChI=1S/C23H28N2O5/c1-3-4-5-6-16(28)24-23-10-9-15(27)21-22(23)11-12-25(2)20(23)18(29)13-7-8-14(26)19(30-21)17(13)22/h7-10,15,20-21,26-27H,3-6,11-12H2,1-2H3,(H,24,28)/t15-,20+,21-,22-,23+/m0/s1. The molecule has 2 heterocycles. The Hall–Kier alpha value is -2.38. The zero-order chi connectivity index (χ0) is 21.3. The van der Waals surface area contributed by atoms with E-state index in [0.29, 0.717) is 30.5 Å². The monoisotopic (exact) mass is 412 g/mol. The number of Topliss-reactive ketones (excluding diaryl/α,β-unsaturated/α-hetero) is 1. The van der Waals surface area contributed by atoms with Gasteiger partial charge >= 0.3 is 0 Å². The van der Waals surface area contributed by atoms with Crippen molar-refractivity contribution >= 4 is 11.7 Å². The summed E-state index contributed by atoms with van der Waals surface area (Å²) in [5, 5.41) is 24.6. The lowest BCUT2D eigenvalue weighted by molar-refractivity contribution is -0.128. The van der Waals surface area contributed by atoms with Crippen LogP contribution in [0.4, 0.5) is 0 Å². The van der Waals surface area contributed by atoms with E-state index >= 15 is 0 Å². The number of aliphatic hydroxyl groups is 1. The molecule has 2 bridgehead atoms. The summed E-state index contributed by atoms with van der Waals surface area (Å²) in [5.74, 6) is 0.0234. The number of amides is 1. The van der Waals surface area contributed by atoms with Crippen LogP contribution < -0.4 is 10.1 Å². The van der Waals surface area contributed by atoms with Gasteiger partial charge in [-0.15, -0.1) is 0 Å². The number of piperidine rings is 1. The number of unbranched alkanes of at least 4 members (excludes halogenated alkanes) is 2. The van der Waals surface area contributed by atoms with Crippen LogP contribution in [0, 0.1) is 0 Å². The zero-order valence-electron chi connectivity index (χ0n) is 17.4. The molecule has 5 atom stereocenters. The number of carbonyl (C=O) groups excluding carboxylic acids is 2. The largest absolute Gasteiger partial charge is 0.504 e. The number of aliphatic hydroxyl groups excluding tert-OH is 1. The molecule has 0 saturated carbocycles. The number of phenols is 1. The summed E-state index contributed by atoms with van der Waals surface area (Å²) in [7, 11) is 1.90. The van der Waals surface area contributed by atoms with Gasteiger partial charge in [-0.1, -0.05) is 31.9 Å². The summed E-state index contributed by atoms with van der Waals surface area (Å²) >= 11 is 0. The lowest BCUT2D eigenvalue weighted by Gasteiger charge is -2.62. The number of likely N-dealkylation sites (N-methyl/N-ethyl adjacent to an activating group) is 1. The number of phenolic OH excluding ortho intramolecular Hbond substituents is 1. The van der Waals surface area contributed by atoms with Crippen molar-refractivity contribution in [3.8, 4) is 11.5 Å². The van der Waals surface area contributed by atoms with Gasteiger partial charge < -0.3 is 20.3 Å². The Morgan fingerprint density at radius 1 is 1.37 bits per heavy atom. The van der Waals surface area contributed by atoms with Gasteiger partial charge in [-0.3, -0.25) is 14.5 Å². The Morgan fingerprint density at radius 2 is 2.17 bits per heavy atom. The van der Waals surface area contributed by atoms with Crippen molar-refractivity contribution in [3.05, 3.63) is 35.4 Å². The Bertz CT molecular complexity index is 959. The first-order valence-corrected chi connectivity index (χ1v) is 10.8. The molecule has 1 saturated heterocycles. The molecular formula is C23H28N2O5. The maximum absolute atomic E-state index is 13.7. The molecule has 1 aromatic rings. The Morgan fingerprint density at radius 3 is 2.93 bits per heavy atom. The number of ketones is 1. The predicted molar refractivity (Wildman–Crippen MR) is 110 cm³/mol. The van der Waals surface area contributed by atoms with Gasteiger partial charge in [0.1, 0.15) is 18.2 Å². The van der Waals surface area contributed by atoms with Gasteiger partial charge in [-0.2, -0.15) is 0 Å². The smallest absolute Gasteiger partial charge is 0.220 e. The summed E-state index contributed by atoms with van der Waals surface area (Å²) in [4.78, 5) is 28.7. The van der Waals surface area contributed by atoms with Crippen LogP contribution in [0.1, 0.15) is 54.9 Å². The maximum atomic E-state index is 13.7. The van der Waals surface area contributed by atoms with E-state index in [1.54, 1.807) is 12.1 Å². The van der Waals surface area contributed by atoms with Crippen molar-refractivity contribution in [2.75, 3.05) is 13.6 Å². The van der Waals surface area contributed by atoms with E-state index < -0.39 is 29.2 Å². The second kappa shape index (κ2) is 6.56. The molecule has 7 nitrogen and oxygen atoms in total. The molecule has 3 N–H and O–H groups in total. The second-order valence-corrected chi connectivity index (χ2v) is 9.07. The molecule has 2 aliphatic carbocycles. The van der Waals surface area contributed by atoms with E-state index in [0.717, 1.165) is 19.3 Å². The predicted octanol–water partition coefficient (Wildman–Crippen LogP) is 1.66. The fourth-order valence-corrected chi connectivity index (χ4v) is 6.26. The quantitative estimate of drug-likeness (QED) is 0.503. The van der Waals surface area contributed by atoms with Crippen molar-refractivity contribution in [1.82, 2.24) is 10.2 Å². The third kappa shape index (κ3) is 2.22. The van der Waals surface area contributed by atoms with Crippen LogP contribution >= 0.6 is 0 Å². The molecular weight excluding hydrogens is 384 g/mol. The van der Waals surface area contributed by atoms with Crippen molar-refractivity contribution in [1.29, 1.82) is 0 Å². The SMILES string of the molecule is CCCCCC(=O)N[C@@]12C=C[C@H](O)[C@@H]3Oc4c(O)ccc5c4[C@@]31CCN(C)[C@@H]2C5=O. The van der Waals surface area contributed by atoms with Gasteiger partial charge in [-0.25, -0.2) is 0 Å². The first kappa shape index (κ1) is 19.6. The van der Waals surface area contributed by atoms with Crippen molar-refractivity contribution < 1.29 is 24.5 Å². The van der Waals surface area contributed by atoms with Crippen LogP contribution in [0.15, 0.2) is 24.3 Å². The van der Waals surface area contributed by atoms with E-state index in [1.807, 2.05) is 18.0 Å². The van der Waals surface area contributed by atoms with Crippen LogP contribution in [0.2, 0.25) is 0 Å². The van der Waals surface area contributed by atoms with Crippen molar-refractivity contribution in [2.45, 2.75) is 68.2 Å². The van der Waals surface area contributed by atoms with E-state index in [4.69, 9.17) is 4.74 Å². The summed E-state index contributed by atoms with van der Waals surface area (Å²) in [6.45, 7) is 2.71. The summed E-state index contributed by atoms with van der Waals surface area (Å²) in [6, 6.07) is 2.53. The lowest BCUT2D eigenvalue weighted by Crippen LogP contribution is -2.81. The molecule has 2 aliphatic heterocycles. The van der Waals surface area contributed by atoms with Gasteiger partial charge in [0, 0.05) is 17.5 Å². The van der Waals surface area contributed by atoms with E-state index in [-0.39, 0.29) is 23.2 Å². The number of carbonyl (C=O) groups is 2. The van der Waals surface area contributed by atoms with Gasteiger partial charge in [-0.05, 0) is 38.6 Å². The fraction of sp³-hybridized carbons (Fsp3) is 0.565. The van der Waals surface area contributed by atoms with E-state index in [2.05, 4.69) is 12.2 Å². The molecule has 0 aromatic heterocycles. The lowest BCUT2D eigenvalue weighted by atomic mass is 9.48. The number of rotatable bonds is 5. The number of benzene rings is 1. The number of nitrogens with zero attached hydrogens (tertiary/aromatic N) is 1. The number of hydrogen-bond acceptors (Lipinski definition) is 6. The number of aromatic hydroxyl groups is 1. The maximum Gasteiger partial charge on any atom is 0.220 e. The minimum absolute atomic E-state index is 0.0434. The highest BCUT2D eigenvalue weighted by Crippen LogP contribution is 2.63. The zero-order valence-corrected chi connectivity index (χ0v) is 17.4. The molecule has 0 radical (unpaired) electrons. The number of nitrogens with one attached hydrogen (secondary N) is 1. The normalized spacial score (nSPS) is 35.7. The Kier molecular flexibility index (Phi) is 4.28. The highest BCUT2D eigenvalue weighted by Gasteiger charge is 2.74. The van der Waals surface area contributed by atoms with Gasteiger partial charge in [0.05, 0.1) is 11.0 Å². The minimum atomic E-state index is -1.03. The average Bonchev–Trinajstić information content (AvgIpc) is 3.07. The van der Waals surface area contributed by atoms with Crippen LogP contribution in [0.3, 0.4) is 0 Å². The molecule has 4 aliphatic rings. The molecule has 0 unspecified atom stereocenters. The molecule has 30 heavy (non-hydrogen) atoms. The second-order valence-electron chi connectivity index (χ2n) is 9.07. The summed E-state index contributed by atoms with van der Waals surface area (Å²) in [5.41, 5.74) is -0.689. The molecule has 7 heteroatoms. The number of ether oxygens (including phenoxy) is 1. The molecule has 1 amide bonds. The third-order valence-electron chi connectivity index (χ3n) is 7.52. The van der Waals surface area contributed by atoms with Crippen LogP contribution in [0.25, 0.3) is 0 Å². The molecule has 160 valence electrons. The number of hydrogen-bond donors (Lipinski definition) is 3. The van der Waals surface area contributed by atoms with Gasteiger partial charge in [0.15, 0.2) is 17.3 Å². The van der Waals surface area contributed by atoms with Crippen LogP contribution in [0.5, 0.6) is 11.5 Å². The summed E-state index contributed by atoms with van der Waals surface area (Å²) in [6.07, 6.45) is 5.62. The molecule has 1 spiro atoms. The first-order chi connectivity index (χ1) is 14.4. The summed E-state index contributed by atoms with van der Waals surface area (Å²) < 4.78 is 6.14. The van der Waals surface area contributed by atoms with Crippen molar-refractivity contribution in [3.63, 3.8) is 0 Å². The Balaban J connectivity index is 1.72. The van der Waals surface area contributed by atoms with E-state index in [1.165, 1.54) is 6.07 Å². The third-order valence-corrected chi connectivity index (χ3v) is 7.52. The highest BCUT2D eigenvalue weighted by atomic mass is 16.5. The van der Waals surface area contributed by atoms with E-state index in [9.17, 15) is 19.8 Å². The number of likely N-dealkylation sites (tertiary alicyclic amines) is 1. The molecule has 5 rings (SSSR count). The highest BCUT2D eigenvalue weighted by molar-refractivity contribution is 6.07. The van der Waals surface area contributed by atoms with Gasteiger partial charge in [0.25, 0.3) is 0 Å². The van der Waals surface area contributed by atoms with Crippen LogP contribution in [-0.4, -0.2) is 64.2 Å². The average molecular weight is 412 g/mol. The fourth-order valence-electron chi connectivity index (χ4n) is 6.26. The Labute approximate surface area is 175 Å². The van der Waals surface area contributed by atoms with Gasteiger partial charge in [0.2, 0.25) is 5.91 Å². The van der Waals surface area contributed by atoms with Crippen molar-refractivity contribution in [2.24, 2.45) is 0 Å². The first-order valence-electron chi connectivity index (χ1n) is 10.8. The topological polar surface area (TPSA) is 99.1 Å². The molecule has 1 aromatic carbocycles. The molecule has 1 fully saturated rings.